The first-order chi connectivity index (χ1) is 27.2. The lowest BCUT2D eigenvalue weighted by Gasteiger charge is -2.32. The Balaban J connectivity index is 1.34. The average Bonchev–Trinajstić information content (AvgIpc) is 3.21. The fraction of sp³-hybridized carbons (Fsp3) is 0.118. The maximum Gasteiger partial charge on any atom is 0.238 e. The summed E-state index contributed by atoms with van der Waals surface area (Å²) in [5.41, 5.74) is 16.9. The van der Waals surface area contributed by atoms with Crippen LogP contribution in [-0.2, 0) is 0 Å². The van der Waals surface area contributed by atoms with Gasteiger partial charge in [0.1, 0.15) is 0 Å². The Labute approximate surface area is 330 Å². The molecule has 1 aromatic heterocycles. The highest BCUT2D eigenvalue weighted by molar-refractivity contribution is 5.86. The molecule has 0 atom stereocenters. The topological polar surface area (TPSA) is 45.2 Å². The van der Waals surface area contributed by atoms with E-state index in [0.717, 1.165) is 39.3 Å². The molecular formula is C51H45N5. The normalized spacial score (nSPS) is 11.0. The van der Waals surface area contributed by atoms with Gasteiger partial charge in [0.05, 0.1) is 11.4 Å². The largest absolute Gasteiger partial charge is 0.309 e. The van der Waals surface area contributed by atoms with Gasteiger partial charge in [0.25, 0.3) is 0 Å². The lowest BCUT2D eigenvalue weighted by molar-refractivity contribution is 1.02. The molecule has 5 heteroatoms. The summed E-state index contributed by atoms with van der Waals surface area (Å²) in [4.78, 5) is 20.0. The van der Waals surface area contributed by atoms with Gasteiger partial charge >= 0.3 is 0 Å². The molecule has 0 radical (unpaired) electrons. The number of anilines is 6. The van der Waals surface area contributed by atoms with Gasteiger partial charge in [-0.15, -0.1) is 0 Å². The zero-order valence-corrected chi connectivity index (χ0v) is 32.8. The first-order valence-corrected chi connectivity index (χ1v) is 19.1. The van der Waals surface area contributed by atoms with Gasteiger partial charge in [-0.05, 0) is 111 Å². The van der Waals surface area contributed by atoms with Gasteiger partial charge in [0, 0.05) is 28.2 Å². The molecule has 0 N–H and O–H groups in total. The molecule has 8 rings (SSSR count). The molecule has 8 aromatic rings. The molecule has 0 bridgehead atoms. The van der Waals surface area contributed by atoms with E-state index >= 15 is 0 Å². The fourth-order valence-corrected chi connectivity index (χ4v) is 7.90. The summed E-state index contributed by atoms with van der Waals surface area (Å²) in [7, 11) is 0. The summed E-state index contributed by atoms with van der Waals surface area (Å²) in [5.74, 6) is 1.75. The van der Waals surface area contributed by atoms with Crippen LogP contribution in [0.2, 0.25) is 0 Å². The minimum atomic E-state index is 0.531. The average molecular weight is 728 g/mol. The van der Waals surface area contributed by atoms with Crippen LogP contribution in [0.5, 0.6) is 0 Å². The Bertz CT molecular complexity index is 2470. The van der Waals surface area contributed by atoms with Crippen molar-refractivity contribution >= 4 is 34.4 Å². The Hall–Kier alpha value is -6.85. The fourth-order valence-electron chi connectivity index (χ4n) is 7.90. The summed E-state index contributed by atoms with van der Waals surface area (Å²) in [5, 5.41) is 0. The van der Waals surface area contributed by atoms with E-state index < -0.39 is 0 Å². The summed E-state index contributed by atoms with van der Waals surface area (Å²) >= 11 is 0. The van der Waals surface area contributed by atoms with Gasteiger partial charge < -0.3 is 4.90 Å². The lowest BCUT2D eigenvalue weighted by Crippen LogP contribution is -2.17. The Morgan fingerprint density at radius 3 is 1.16 bits per heavy atom. The van der Waals surface area contributed by atoms with Crippen molar-refractivity contribution in [3.8, 4) is 33.9 Å². The van der Waals surface area contributed by atoms with Crippen LogP contribution in [0.1, 0.15) is 33.4 Å². The summed E-state index contributed by atoms with van der Waals surface area (Å²) in [6.45, 7) is 13.2. The van der Waals surface area contributed by atoms with Crippen molar-refractivity contribution in [2.45, 2.75) is 41.5 Å². The number of nitrogens with zero attached hydrogens (tertiary/aromatic N) is 5. The molecule has 5 nitrogen and oxygen atoms in total. The third-order valence-electron chi connectivity index (χ3n) is 10.2. The minimum Gasteiger partial charge on any atom is -0.309 e. The van der Waals surface area contributed by atoms with Crippen LogP contribution in [0.25, 0.3) is 33.9 Å². The second-order valence-corrected chi connectivity index (χ2v) is 14.6. The Kier molecular flexibility index (Phi) is 9.99. The second-order valence-electron chi connectivity index (χ2n) is 14.6. The van der Waals surface area contributed by atoms with Crippen molar-refractivity contribution in [3.05, 3.63) is 197 Å². The van der Waals surface area contributed by atoms with E-state index in [1.54, 1.807) is 0 Å². The molecule has 0 unspecified atom stereocenters. The maximum atomic E-state index is 5.19. The predicted octanol–water partition coefficient (Wildman–Crippen LogP) is 13.7. The molecule has 56 heavy (non-hydrogen) atoms. The van der Waals surface area contributed by atoms with Gasteiger partial charge in [0.15, 0.2) is 11.6 Å². The minimum absolute atomic E-state index is 0.531. The molecule has 0 aliphatic heterocycles. The standard InChI is InChI=1S/C51H45N5/c1-34-29-36(3)47(37(4)30-34)56(48-38(5)31-35(2)32-39(48)6)45-27-25-44(26-28-45)55(46-24-16-23-43(33-46)40-17-10-7-11-18-40)51-53-49(41-19-12-8-13-20-41)52-50(54-51)42-21-14-9-15-22-42/h7-33H,1-6H3. The molecule has 7 aromatic carbocycles. The summed E-state index contributed by atoms with van der Waals surface area (Å²) in [6.07, 6.45) is 0. The maximum absolute atomic E-state index is 5.19. The number of hydrogen-bond donors (Lipinski definition) is 0. The number of benzene rings is 7. The molecule has 0 spiro atoms. The highest BCUT2D eigenvalue weighted by atomic mass is 15.3. The van der Waals surface area contributed by atoms with Crippen LogP contribution >= 0.6 is 0 Å². The number of aromatic nitrogens is 3. The van der Waals surface area contributed by atoms with E-state index in [0.29, 0.717) is 17.6 Å². The summed E-state index contributed by atoms with van der Waals surface area (Å²) in [6, 6.07) is 57.2. The predicted molar refractivity (Wildman–Crippen MR) is 234 cm³/mol. The number of hydrogen-bond acceptors (Lipinski definition) is 5. The van der Waals surface area contributed by atoms with E-state index in [2.05, 4.69) is 148 Å². The molecule has 274 valence electrons. The van der Waals surface area contributed by atoms with Crippen molar-refractivity contribution < 1.29 is 0 Å². The quantitative estimate of drug-likeness (QED) is 0.148. The molecule has 0 aliphatic rings. The van der Waals surface area contributed by atoms with Gasteiger partial charge in [-0.2, -0.15) is 9.97 Å². The summed E-state index contributed by atoms with van der Waals surface area (Å²) < 4.78 is 0. The first kappa shape index (κ1) is 36.1. The first-order valence-electron chi connectivity index (χ1n) is 19.1. The second kappa shape index (κ2) is 15.5. The lowest BCUT2D eigenvalue weighted by atomic mass is 9.98. The third-order valence-corrected chi connectivity index (χ3v) is 10.2. The van der Waals surface area contributed by atoms with Gasteiger partial charge in [0.2, 0.25) is 5.95 Å². The van der Waals surface area contributed by atoms with Crippen molar-refractivity contribution in [1.29, 1.82) is 0 Å². The highest BCUT2D eigenvalue weighted by Crippen LogP contribution is 2.44. The van der Waals surface area contributed by atoms with Gasteiger partial charge in [-0.1, -0.05) is 139 Å². The zero-order valence-electron chi connectivity index (χ0n) is 32.8. The van der Waals surface area contributed by atoms with Crippen LogP contribution < -0.4 is 9.80 Å². The van der Waals surface area contributed by atoms with E-state index in [-0.39, 0.29) is 0 Å². The highest BCUT2D eigenvalue weighted by Gasteiger charge is 2.24. The third kappa shape index (κ3) is 7.32. The van der Waals surface area contributed by atoms with E-state index in [9.17, 15) is 0 Å². The molecule has 1 heterocycles. The van der Waals surface area contributed by atoms with Crippen LogP contribution in [0, 0.1) is 41.5 Å². The molecule has 0 saturated heterocycles. The number of rotatable bonds is 9. The van der Waals surface area contributed by atoms with E-state index in [4.69, 9.17) is 15.0 Å². The molecule has 0 fully saturated rings. The molecule has 0 amide bonds. The van der Waals surface area contributed by atoms with Gasteiger partial charge in [-0.3, -0.25) is 4.90 Å². The molecule has 0 saturated carbocycles. The smallest absolute Gasteiger partial charge is 0.238 e. The van der Waals surface area contributed by atoms with E-state index in [1.165, 1.54) is 44.8 Å². The number of aryl methyl sites for hydroxylation is 6. The van der Waals surface area contributed by atoms with Crippen LogP contribution in [0.4, 0.5) is 34.4 Å². The van der Waals surface area contributed by atoms with Crippen molar-refractivity contribution in [3.63, 3.8) is 0 Å². The monoisotopic (exact) mass is 727 g/mol. The van der Waals surface area contributed by atoms with Crippen LogP contribution in [0.15, 0.2) is 164 Å². The molecule has 0 aliphatic carbocycles. The van der Waals surface area contributed by atoms with Crippen molar-refractivity contribution in [2.24, 2.45) is 0 Å². The van der Waals surface area contributed by atoms with Crippen molar-refractivity contribution in [2.75, 3.05) is 9.80 Å². The Morgan fingerprint density at radius 1 is 0.321 bits per heavy atom. The van der Waals surface area contributed by atoms with Crippen molar-refractivity contribution in [1.82, 2.24) is 15.0 Å². The van der Waals surface area contributed by atoms with E-state index in [1.807, 2.05) is 66.7 Å². The van der Waals surface area contributed by atoms with Crippen LogP contribution in [0.3, 0.4) is 0 Å². The van der Waals surface area contributed by atoms with Crippen LogP contribution in [-0.4, -0.2) is 15.0 Å². The Morgan fingerprint density at radius 2 is 0.714 bits per heavy atom. The molecular weight excluding hydrogens is 683 g/mol. The van der Waals surface area contributed by atoms with Gasteiger partial charge in [-0.25, -0.2) is 4.98 Å². The zero-order chi connectivity index (χ0) is 38.8. The SMILES string of the molecule is Cc1cc(C)c(N(c2ccc(N(c3cccc(-c4ccccc4)c3)c3nc(-c4ccccc4)nc(-c4ccccc4)n3)cc2)c2c(C)cc(C)cc2C)c(C)c1.